The highest BCUT2D eigenvalue weighted by atomic mass is 19.4. The number of carboxylic acid groups (broad SMARTS) is 2. The number of hydrogen-bond acceptors (Lipinski definition) is 6. The lowest BCUT2D eigenvalue weighted by Crippen LogP contribution is -2.21. The van der Waals surface area contributed by atoms with Gasteiger partial charge in [-0.05, 0) is 36.4 Å². The third-order valence-electron chi connectivity index (χ3n) is 2.81. The largest absolute Gasteiger partial charge is 0.490 e. The third kappa shape index (κ3) is 7.19. The molecule has 0 saturated heterocycles. The van der Waals surface area contributed by atoms with Crippen molar-refractivity contribution in [1.29, 1.82) is 5.41 Å². The first-order valence-electron chi connectivity index (χ1n) is 7.17. The van der Waals surface area contributed by atoms with E-state index in [9.17, 15) is 22.8 Å². The highest BCUT2D eigenvalue weighted by Crippen LogP contribution is 2.16. The van der Waals surface area contributed by atoms with Gasteiger partial charge in [-0.25, -0.2) is 9.59 Å². The molecule has 0 bridgehead atoms. The number of benzene rings is 1. The monoisotopic (exact) mass is 402 g/mol. The van der Waals surface area contributed by atoms with Crippen LogP contribution in [0.2, 0.25) is 0 Å². The minimum Gasteiger partial charge on any atom is -0.481 e. The van der Waals surface area contributed by atoms with Crippen LogP contribution in [-0.4, -0.2) is 40.1 Å². The van der Waals surface area contributed by atoms with Crippen molar-refractivity contribution in [2.45, 2.75) is 12.6 Å². The number of furan rings is 1. The van der Waals surface area contributed by atoms with Crippen molar-refractivity contribution in [1.82, 2.24) is 0 Å². The zero-order chi connectivity index (χ0) is 21.5. The first kappa shape index (κ1) is 22.2. The van der Waals surface area contributed by atoms with Gasteiger partial charge in [0.25, 0.3) is 0 Å². The molecular formula is C16H13F3N2O7. The predicted molar refractivity (Wildman–Crippen MR) is 86.2 cm³/mol. The SMILES string of the molecule is N=C(N)c1ccc(OC(=O)c2ccc(CC(=O)O)o2)cc1.O=C(O)C(F)(F)F. The second kappa shape index (κ2) is 9.21. The molecule has 0 atom stereocenters. The highest BCUT2D eigenvalue weighted by Gasteiger charge is 2.38. The quantitative estimate of drug-likeness (QED) is 0.255. The maximum atomic E-state index is 11.8. The number of alkyl halides is 3. The van der Waals surface area contributed by atoms with Crippen molar-refractivity contribution >= 4 is 23.7 Å². The van der Waals surface area contributed by atoms with E-state index in [1.807, 2.05) is 0 Å². The molecule has 0 radical (unpaired) electrons. The van der Waals surface area contributed by atoms with Gasteiger partial charge in [-0.1, -0.05) is 0 Å². The van der Waals surface area contributed by atoms with Gasteiger partial charge in [0.2, 0.25) is 5.76 Å². The second-order valence-electron chi connectivity index (χ2n) is 4.97. The second-order valence-corrected chi connectivity index (χ2v) is 4.97. The molecule has 12 heteroatoms. The van der Waals surface area contributed by atoms with Crippen LogP contribution in [0.1, 0.15) is 21.9 Å². The van der Waals surface area contributed by atoms with Gasteiger partial charge in [-0.2, -0.15) is 13.2 Å². The fourth-order valence-electron chi connectivity index (χ4n) is 1.59. The molecular weight excluding hydrogens is 389 g/mol. The number of hydrogen-bond donors (Lipinski definition) is 4. The van der Waals surface area contributed by atoms with Gasteiger partial charge in [-0.3, -0.25) is 10.2 Å². The lowest BCUT2D eigenvalue weighted by molar-refractivity contribution is -0.192. The molecule has 0 amide bonds. The molecule has 0 spiro atoms. The maximum Gasteiger partial charge on any atom is 0.490 e. The Hall–Kier alpha value is -3.83. The number of rotatable bonds is 5. The van der Waals surface area contributed by atoms with Crippen LogP contribution in [0, 0.1) is 5.41 Å². The van der Waals surface area contributed by atoms with Gasteiger partial charge in [0.05, 0.1) is 0 Å². The van der Waals surface area contributed by atoms with E-state index in [0.717, 1.165) is 0 Å². The van der Waals surface area contributed by atoms with Crippen molar-refractivity contribution in [2.75, 3.05) is 0 Å². The first-order chi connectivity index (χ1) is 12.9. The Kier molecular flexibility index (Phi) is 7.30. The molecule has 2 rings (SSSR count). The average molecular weight is 402 g/mol. The van der Waals surface area contributed by atoms with Crippen LogP contribution in [0.15, 0.2) is 40.8 Å². The number of ether oxygens (including phenoxy) is 1. The minimum absolute atomic E-state index is 0.0816. The van der Waals surface area contributed by atoms with E-state index in [0.29, 0.717) is 5.56 Å². The lowest BCUT2D eigenvalue weighted by Gasteiger charge is -2.03. The summed E-state index contributed by atoms with van der Waals surface area (Å²) in [4.78, 5) is 31.2. The van der Waals surface area contributed by atoms with E-state index < -0.39 is 24.1 Å². The van der Waals surface area contributed by atoms with Crippen molar-refractivity contribution in [3.63, 3.8) is 0 Å². The maximum absolute atomic E-state index is 11.8. The van der Waals surface area contributed by atoms with E-state index in [-0.39, 0.29) is 29.5 Å². The van der Waals surface area contributed by atoms with Crippen LogP contribution < -0.4 is 10.5 Å². The van der Waals surface area contributed by atoms with Gasteiger partial charge < -0.3 is 25.1 Å². The van der Waals surface area contributed by atoms with Crippen molar-refractivity contribution in [3.8, 4) is 5.75 Å². The van der Waals surface area contributed by atoms with Gasteiger partial charge >= 0.3 is 24.1 Å². The summed E-state index contributed by atoms with van der Waals surface area (Å²) in [6.07, 6.45) is -5.39. The molecule has 2 aromatic rings. The van der Waals surface area contributed by atoms with Crippen LogP contribution in [0.5, 0.6) is 5.75 Å². The number of carbonyl (C=O) groups excluding carboxylic acids is 1. The summed E-state index contributed by atoms with van der Waals surface area (Å²) in [6.45, 7) is 0. The number of esters is 1. The van der Waals surface area contributed by atoms with E-state index in [4.69, 9.17) is 35.3 Å². The van der Waals surface area contributed by atoms with Gasteiger partial charge in [-0.15, -0.1) is 0 Å². The molecule has 9 nitrogen and oxygen atoms in total. The van der Waals surface area contributed by atoms with Gasteiger partial charge in [0, 0.05) is 5.56 Å². The summed E-state index contributed by atoms with van der Waals surface area (Å²) in [5.74, 6) is -4.28. The number of amidine groups is 1. The lowest BCUT2D eigenvalue weighted by atomic mass is 10.2. The van der Waals surface area contributed by atoms with Crippen molar-refractivity contribution in [3.05, 3.63) is 53.5 Å². The number of carboxylic acids is 2. The van der Waals surface area contributed by atoms with E-state index in [1.54, 1.807) is 12.1 Å². The molecule has 0 aliphatic rings. The summed E-state index contributed by atoms with van der Waals surface area (Å²) in [7, 11) is 0. The number of nitrogen functional groups attached to an aromatic ring is 1. The van der Waals surface area contributed by atoms with E-state index in [2.05, 4.69) is 0 Å². The van der Waals surface area contributed by atoms with Crippen LogP contribution >= 0.6 is 0 Å². The Morgan fingerprint density at radius 3 is 2.04 bits per heavy atom. The normalized spacial score (nSPS) is 10.4. The van der Waals surface area contributed by atoms with E-state index >= 15 is 0 Å². The number of halogens is 3. The summed E-state index contributed by atoms with van der Waals surface area (Å²) in [6, 6.07) is 8.84. The molecule has 150 valence electrons. The standard InChI is InChI=1S/C14H12N2O5.C2HF3O2/c15-13(16)8-1-3-9(4-2-8)21-14(19)11-6-5-10(20-11)7-12(17)18;3-2(4,5)1(6)7/h1-6H,7H2,(H3,15,16)(H,17,18);(H,6,7). The van der Waals surface area contributed by atoms with Crippen LogP contribution in [-0.2, 0) is 16.0 Å². The Bertz CT molecular complexity index is 873. The summed E-state index contributed by atoms with van der Waals surface area (Å²) in [5, 5.41) is 23.0. The number of aliphatic carboxylic acids is 2. The number of carbonyl (C=O) groups is 3. The molecule has 0 aliphatic heterocycles. The minimum atomic E-state index is -5.08. The smallest absolute Gasteiger partial charge is 0.481 e. The predicted octanol–water partition coefficient (Wildman–Crippen LogP) is 2.04. The molecule has 1 aromatic carbocycles. The topological polar surface area (TPSA) is 164 Å². The first-order valence-corrected chi connectivity index (χ1v) is 7.17. The van der Waals surface area contributed by atoms with Crippen molar-refractivity contribution < 1.29 is 46.9 Å². The summed E-state index contributed by atoms with van der Waals surface area (Å²) >= 11 is 0. The molecule has 0 unspecified atom stereocenters. The molecule has 1 aromatic heterocycles. The Morgan fingerprint density at radius 1 is 1.07 bits per heavy atom. The van der Waals surface area contributed by atoms with Gasteiger partial charge in [0.15, 0.2) is 0 Å². The molecule has 0 aliphatic carbocycles. The van der Waals surface area contributed by atoms with Crippen molar-refractivity contribution in [2.24, 2.45) is 5.73 Å². The molecule has 5 N–H and O–H groups in total. The highest BCUT2D eigenvalue weighted by molar-refractivity contribution is 5.95. The summed E-state index contributed by atoms with van der Waals surface area (Å²) in [5.41, 5.74) is 5.82. The van der Waals surface area contributed by atoms with Gasteiger partial charge in [0.1, 0.15) is 23.8 Å². The number of nitrogens with one attached hydrogen (secondary N) is 1. The molecule has 1 heterocycles. The fourth-order valence-corrected chi connectivity index (χ4v) is 1.59. The summed E-state index contributed by atoms with van der Waals surface area (Å²) < 4.78 is 41.9. The Labute approximate surface area is 154 Å². The Morgan fingerprint density at radius 2 is 1.61 bits per heavy atom. The fraction of sp³-hybridized carbons (Fsp3) is 0.125. The van der Waals surface area contributed by atoms with Crippen LogP contribution in [0.25, 0.3) is 0 Å². The number of nitrogens with two attached hydrogens (primary N) is 1. The van der Waals surface area contributed by atoms with E-state index in [1.165, 1.54) is 24.3 Å². The average Bonchev–Trinajstić information content (AvgIpc) is 3.03. The molecule has 0 fully saturated rings. The zero-order valence-electron chi connectivity index (χ0n) is 13.8. The third-order valence-corrected chi connectivity index (χ3v) is 2.81. The Balaban J connectivity index is 0.000000480. The molecule has 0 saturated carbocycles. The molecule has 28 heavy (non-hydrogen) atoms. The van der Waals surface area contributed by atoms with Crippen LogP contribution in [0.3, 0.4) is 0 Å². The zero-order valence-corrected chi connectivity index (χ0v) is 13.8. The van der Waals surface area contributed by atoms with Crippen LogP contribution in [0.4, 0.5) is 13.2 Å².